The first-order valence-corrected chi connectivity index (χ1v) is 38.6. The third-order valence-electron chi connectivity index (χ3n) is 17.7. The summed E-state index contributed by atoms with van der Waals surface area (Å²) in [4.78, 5) is 42.5. The second-order valence-electron chi connectivity index (χ2n) is 24.5. The number of hydrogen-bond donors (Lipinski definition) is 4. The van der Waals surface area contributed by atoms with Crippen molar-refractivity contribution < 1.29 is 53.2 Å². The van der Waals surface area contributed by atoms with E-state index in [-0.39, 0.29) is 69.2 Å². The summed E-state index contributed by atoms with van der Waals surface area (Å²) in [6.07, 6.45) is 4.30. The number of hydrazone groups is 3. The van der Waals surface area contributed by atoms with Gasteiger partial charge in [0.05, 0.1) is 38.1 Å². The highest BCUT2D eigenvalue weighted by atomic mass is 35.5. The fourth-order valence-corrected chi connectivity index (χ4v) is 18.5. The molecule has 3 fully saturated rings. The lowest BCUT2D eigenvalue weighted by atomic mass is 10.0. The molecule has 0 radical (unpaired) electrons. The lowest BCUT2D eigenvalue weighted by molar-refractivity contribution is 0.0946. The number of halogens is 3. The van der Waals surface area contributed by atoms with E-state index >= 15 is 0 Å². The quantitative estimate of drug-likeness (QED) is 0.0826. The lowest BCUT2D eigenvalue weighted by Gasteiger charge is -2.32. The molecule has 6 aliphatic rings. The summed E-state index contributed by atoms with van der Waals surface area (Å²) < 4.78 is 107. The van der Waals surface area contributed by atoms with Gasteiger partial charge < -0.3 is 14.9 Å². The van der Waals surface area contributed by atoms with Crippen molar-refractivity contribution in [3.63, 3.8) is 0 Å². The monoisotopic (exact) mass is 1460 g/mol. The van der Waals surface area contributed by atoms with Crippen LogP contribution in [0.15, 0.2) is 139 Å². The molecule has 97 heavy (non-hydrogen) atoms. The smallest absolute Gasteiger partial charge is 0.271 e. The fourth-order valence-electron chi connectivity index (χ4n) is 12.3. The number of piperazine rings is 3. The number of aryl methyl sites for hydroxylation is 2. The minimum absolute atomic E-state index is 0.0188. The molecule has 24 nitrogen and oxygen atoms in total. The molecule has 3 saturated heterocycles. The molecular formula is C66H75Cl3N12O12S4. The Balaban J connectivity index is 0.000000158. The number of amides is 3. The zero-order chi connectivity index (χ0) is 69.9. The zero-order valence-electron chi connectivity index (χ0n) is 54.2. The molecule has 0 aromatic heterocycles. The predicted octanol–water partition coefficient (Wildman–Crippen LogP) is 7.28. The van der Waals surface area contributed by atoms with E-state index < -0.39 is 57.8 Å². The first kappa shape index (κ1) is 72.7. The normalized spacial score (nSPS) is 19.5. The fraction of sp³-hybridized carbons (Fsp3) is 0.364. The van der Waals surface area contributed by atoms with E-state index in [1.54, 1.807) is 30.3 Å². The van der Waals surface area contributed by atoms with Crippen molar-refractivity contribution in [1.29, 1.82) is 0 Å². The molecule has 3 heterocycles. The van der Waals surface area contributed by atoms with E-state index in [1.165, 1.54) is 71.8 Å². The number of aromatic hydroxyl groups is 1. The number of carbonyl (C=O) groups excluding carboxylic acids is 3. The van der Waals surface area contributed by atoms with Gasteiger partial charge in [-0.3, -0.25) is 14.4 Å². The van der Waals surface area contributed by atoms with E-state index in [0.717, 1.165) is 63.0 Å². The minimum atomic E-state index is -3.92. The van der Waals surface area contributed by atoms with Gasteiger partial charge in [-0.25, -0.2) is 49.9 Å². The van der Waals surface area contributed by atoms with Crippen molar-refractivity contribution in [2.24, 2.45) is 15.3 Å². The molecule has 3 aliphatic heterocycles. The van der Waals surface area contributed by atoms with Gasteiger partial charge in [0, 0.05) is 127 Å². The van der Waals surface area contributed by atoms with Crippen molar-refractivity contribution in [1.82, 2.24) is 43.3 Å². The summed E-state index contributed by atoms with van der Waals surface area (Å²) >= 11 is 18.9. The molecule has 12 rings (SSSR count). The van der Waals surface area contributed by atoms with Gasteiger partial charge in [0.2, 0.25) is 40.1 Å². The number of hydrogen-bond acceptors (Lipinski definition) is 17. The lowest BCUT2D eigenvalue weighted by Crippen LogP contribution is -2.50. The number of sulfonamides is 4. The number of phenols is 1. The average molecular weight is 1460 g/mol. The molecule has 516 valence electrons. The van der Waals surface area contributed by atoms with Crippen molar-refractivity contribution in [3.05, 3.63) is 185 Å². The molecule has 6 aromatic rings. The standard InChI is InChI=1S/C23H27ClN4O3S.C22H25ClN4O3S.C21H23ClN4O6S2/c1-15-11-19-21(13-16(2)22(19)20(24)12-15)25-26-23(29)17-5-4-6-18(14-17)32(30,31)28-9-7-27(3)8-10-28;1-15-6-8-19(23)18-7-9-20(21(15)18)24-25-22(28)16-4-3-5-17(14-16)31(29,30)27-12-10-26(2)11-13-27;1-33(29,30)25-9-11-26(12-10-25)34(31,32)15-4-2-3-14(13-15)21(28)24-23-18-7-5-16-17(22)6-8-19(27)20(16)18/h4-6,11-12,14,16H,7-10,13H2,1-3H3,(H,26,29);3-6,8,14H,7,9-13H2,1-2H3,(H,25,28);2-4,6,8,13,27H,5,7,9-12H2,1H3,(H,24,28)/b25-21+;24-20+;23-18+. The molecule has 3 amide bonds. The molecule has 1 unspecified atom stereocenters. The number of nitrogens with zero attached hydrogens (tertiary/aromatic N) is 9. The second kappa shape index (κ2) is 30.2. The van der Waals surface area contributed by atoms with Crippen LogP contribution in [0.25, 0.3) is 0 Å². The van der Waals surface area contributed by atoms with Crippen molar-refractivity contribution in [2.75, 3.05) is 98.9 Å². The highest BCUT2D eigenvalue weighted by Gasteiger charge is 2.35. The molecule has 1 atom stereocenters. The number of carbonyl (C=O) groups is 3. The predicted molar refractivity (Wildman–Crippen MR) is 374 cm³/mol. The van der Waals surface area contributed by atoms with Gasteiger partial charge in [-0.1, -0.05) is 66.0 Å². The van der Waals surface area contributed by atoms with Gasteiger partial charge in [-0.2, -0.15) is 32.5 Å². The van der Waals surface area contributed by atoms with Crippen LogP contribution in [0.3, 0.4) is 0 Å². The maximum atomic E-state index is 13.1. The molecule has 4 N–H and O–H groups in total. The third kappa shape index (κ3) is 16.5. The summed E-state index contributed by atoms with van der Waals surface area (Å²) in [5, 5.41) is 24.9. The van der Waals surface area contributed by atoms with Crippen LogP contribution in [0.1, 0.15) is 108 Å². The summed E-state index contributed by atoms with van der Waals surface area (Å²) in [7, 11) is -10.7. The van der Waals surface area contributed by atoms with Crippen LogP contribution in [0.4, 0.5) is 0 Å². The van der Waals surface area contributed by atoms with Gasteiger partial charge in [0.1, 0.15) is 5.75 Å². The van der Waals surface area contributed by atoms with Crippen LogP contribution in [0.5, 0.6) is 5.75 Å². The number of phenolic OH excluding ortho intramolecular Hbond substituents is 1. The number of rotatable bonds is 13. The van der Waals surface area contributed by atoms with Crippen LogP contribution in [-0.4, -0.2) is 200 Å². The van der Waals surface area contributed by atoms with E-state index in [2.05, 4.69) is 48.3 Å². The van der Waals surface area contributed by atoms with Crippen LogP contribution in [0, 0.1) is 13.8 Å². The van der Waals surface area contributed by atoms with Crippen molar-refractivity contribution >= 4 is 110 Å². The Bertz CT molecular complexity index is 4650. The Hall–Kier alpha value is -7.03. The van der Waals surface area contributed by atoms with E-state index in [1.807, 2.05) is 52.2 Å². The van der Waals surface area contributed by atoms with E-state index in [4.69, 9.17) is 34.8 Å². The molecule has 6 aromatic carbocycles. The topological polar surface area (TPSA) is 301 Å². The highest BCUT2D eigenvalue weighted by molar-refractivity contribution is 7.90. The number of fused-ring (bicyclic) bond motifs is 3. The van der Waals surface area contributed by atoms with Crippen molar-refractivity contribution in [3.8, 4) is 5.75 Å². The maximum Gasteiger partial charge on any atom is 0.271 e. The van der Waals surface area contributed by atoms with Crippen LogP contribution < -0.4 is 16.3 Å². The SMILES string of the molecule is CS(=O)(=O)N1CCN(S(=O)(=O)c2cccc(C(=O)N/N=C3\CCc4c(Cl)ccc(O)c43)c2)CC1.Cc1cc(Cl)c2c(c1)/C(=N/NC(=O)c1cccc(S(=O)(=O)N3CCN(C)CC3)c1)CC2C.Cc1ccc(Cl)c2c1/C(=N/NC(=O)c1cccc(S(=O)(=O)N3CCN(C)CC3)c1)CC2. The summed E-state index contributed by atoms with van der Waals surface area (Å²) in [6.45, 7) is 10.7. The molecule has 0 saturated carbocycles. The molecule has 3 aliphatic carbocycles. The largest absolute Gasteiger partial charge is 0.507 e. The number of benzene rings is 6. The van der Waals surface area contributed by atoms with Gasteiger partial charge in [-0.05, 0) is 179 Å². The van der Waals surface area contributed by atoms with Gasteiger partial charge in [0.15, 0.2) is 0 Å². The Morgan fingerprint density at radius 1 is 0.474 bits per heavy atom. The first-order chi connectivity index (χ1) is 45.9. The Kier molecular flexibility index (Phi) is 22.6. The summed E-state index contributed by atoms with van der Waals surface area (Å²) in [5.74, 6) is -1.27. The van der Waals surface area contributed by atoms with Gasteiger partial charge in [0.25, 0.3) is 17.7 Å². The number of likely N-dealkylation sites (N-methyl/N-ethyl adjacent to an activating group) is 2. The van der Waals surface area contributed by atoms with Crippen LogP contribution >= 0.6 is 34.8 Å². The summed E-state index contributed by atoms with van der Waals surface area (Å²) in [6, 6.07) is 28.6. The van der Waals surface area contributed by atoms with E-state index in [9.17, 15) is 53.2 Å². The molecular weight excluding hydrogens is 1390 g/mol. The highest BCUT2D eigenvalue weighted by Crippen LogP contribution is 2.40. The van der Waals surface area contributed by atoms with Crippen LogP contribution in [0.2, 0.25) is 15.1 Å². The molecule has 0 bridgehead atoms. The Labute approximate surface area is 581 Å². The Morgan fingerprint density at radius 3 is 1.29 bits per heavy atom. The third-order valence-corrected chi connectivity index (χ3v) is 25.8. The maximum absolute atomic E-state index is 13.1. The van der Waals surface area contributed by atoms with Gasteiger partial charge >= 0.3 is 0 Å². The van der Waals surface area contributed by atoms with Gasteiger partial charge in [-0.15, -0.1) is 0 Å². The van der Waals surface area contributed by atoms with Crippen molar-refractivity contribution in [2.45, 2.75) is 73.5 Å². The zero-order valence-corrected chi connectivity index (χ0v) is 59.8. The minimum Gasteiger partial charge on any atom is -0.507 e. The first-order valence-electron chi connectivity index (χ1n) is 31.3. The number of nitrogens with one attached hydrogen (secondary N) is 3. The Morgan fingerprint density at radius 2 is 0.856 bits per heavy atom. The van der Waals surface area contributed by atoms with E-state index in [0.29, 0.717) is 104 Å². The summed E-state index contributed by atoms with van der Waals surface area (Å²) in [5.41, 5.74) is 17.6. The second-order valence-corrected chi connectivity index (χ2v) is 33.5. The van der Waals surface area contributed by atoms with Crippen LogP contribution in [-0.2, 0) is 52.9 Å². The molecule has 0 spiro atoms. The average Bonchev–Trinajstić information content (AvgIpc) is 1.75. The molecule has 31 heteroatoms.